The van der Waals surface area contributed by atoms with Crippen molar-refractivity contribution in [3.63, 3.8) is 0 Å². The Balaban J connectivity index is 4.37. The third kappa shape index (κ3) is 7.63. The molecular weight excluding hydrogens is 234 g/mol. The predicted octanol–water partition coefficient (Wildman–Crippen LogP) is 1.61. The summed E-state index contributed by atoms with van der Waals surface area (Å²) in [6, 6.07) is -0.406. The molecule has 1 atom stereocenters. The lowest BCUT2D eigenvalue weighted by Gasteiger charge is -2.28. The van der Waals surface area contributed by atoms with Gasteiger partial charge in [-0.3, -0.25) is 9.69 Å². The van der Waals surface area contributed by atoms with Gasteiger partial charge in [-0.05, 0) is 12.8 Å². The van der Waals surface area contributed by atoms with Gasteiger partial charge >= 0.3 is 5.97 Å². The predicted molar refractivity (Wildman–Crippen MR) is 70.9 cm³/mol. The van der Waals surface area contributed by atoms with Crippen LogP contribution in [-0.4, -0.2) is 62.5 Å². The summed E-state index contributed by atoms with van der Waals surface area (Å²) in [6.45, 7) is 4.68. The van der Waals surface area contributed by atoms with Crippen LogP contribution in [0.15, 0.2) is 0 Å². The van der Waals surface area contributed by atoms with Crippen molar-refractivity contribution >= 4 is 5.97 Å². The van der Waals surface area contributed by atoms with Gasteiger partial charge in [0.15, 0.2) is 0 Å². The van der Waals surface area contributed by atoms with Crippen molar-refractivity contribution in [3.8, 4) is 0 Å². The molecule has 0 aromatic heterocycles. The zero-order valence-corrected chi connectivity index (χ0v) is 11.9. The summed E-state index contributed by atoms with van der Waals surface area (Å²) >= 11 is 0. The highest BCUT2D eigenvalue weighted by Gasteiger charge is 2.24. The smallest absolute Gasteiger partial charge is 0.320 e. The molecule has 5 heteroatoms. The second kappa shape index (κ2) is 11.4. The van der Waals surface area contributed by atoms with Gasteiger partial charge in [-0.2, -0.15) is 0 Å². The van der Waals surface area contributed by atoms with Crippen LogP contribution in [0.4, 0.5) is 0 Å². The molecule has 18 heavy (non-hydrogen) atoms. The molecule has 0 aliphatic heterocycles. The monoisotopic (exact) mass is 261 g/mol. The Hall–Kier alpha value is -0.650. The van der Waals surface area contributed by atoms with E-state index < -0.39 is 12.0 Å². The van der Waals surface area contributed by atoms with E-state index in [0.717, 1.165) is 25.8 Å². The standard InChI is InChI=1S/C13H27NO4/c1-4-5-7-12(13(15)16)14(9-11-18-3)8-6-10-17-2/h12H,4-11H2,1-3H3,(H,15,16). The van der Waals surface area contributed by atoms with E-state index in [0.29, 0.717) is 26.2 Å². The average Bonchev–Trinajstić information content (AvgIpc) is 2.35. The first kappa shape index (κ1) is 17.4. The van der Waals surface area contributed by atoms with E-state index in [4.69, 9.17) is 9.47 Å². The van der Waals surface area contributed by atoms with Crippen LogP contribution in [0.3, 0.4) is 0 Å². The zero-order valence-electron chi connectivity index (χ0n) is 11.9. The summed E-state index contributed by atoms with van der Waals surface area (Å²) in [5, 5.41) is 9.31. The number of rotatable bonds is 12. The molecule has 1 N–H and O–H groups in total. The van der Waals surface area contributed by atoms with Crippen molar-refractivity contribution in [1.29, 1.82) is 0 Å². The molecule has 0 saturated heterocycles. The van der Waals surface area contributed by atoms with E-state index in [1.807, 2.05) is 4.90 Å². The lowest BCUT2D eigenvalue weighted by atomic mass is 10.1. The number of carboxylic acids is 1. The second-order valence-corrected chi connectivity index (χ2v) is 4.37. The summed E-state index contributed by atoms with van der Waals surface area (Å²) in [4.78, 5) is 13.3. The first-order valence-corrected chi connectivity index (χ1v) is 6.62. The number of ether oxygens (including phenoxy) is 2. The third-order valence-corrected chi connectivity index (χ3v) is 2.93. The van der Waals surface area contributed by atoms with Crippen LogP contribution in [-0.2, 0) is 14.3 Å². The first-order chi connectivity index (χ1) is 8.67. The number of carboxylic acid groups (broad SMARTS) is 1. The Morgan fingerprint density at radius 2 is 1.83 bits per heavy atom. The van der Waals surface area contributed by atoms with Gasteiger partial charge in [-0.25, -0.2) is 0 Å². The highest BCUT2D eigenvalue weighted by atomic mass is 16.5. The van der Waals surface area contributed by atoms with Crippen molar-refractivity contribution in [2.45, 2.75) is 38.6 Å². The molecule has 0 amide bonds. The van der Waals surface area contributed by atoms with Crippen molar-refractivity contribution in [2.24, 2.45) is 0 Å². The van der Waals surface area contributed by atoms with Gasteiger partial charge in [0.1, 0.15) is 6.04 Å². The SMILES string of the molecule is CCCCC(C(=O)O)N(CCCOC)CCOC. The fraction of sp³-hybridized carbons (Fsp3) is 0.923. The van der Waals surface area contributed by atoms with Crippen molar-refractivity contribution in [2.75, 3.05) is 40.5 Å². The van der Waals surface area contributed by atoms with Gasteiger partial charge in [-0.1, -0.05) is 19.8 Å². The maximum absolute atomic E-state index is 11.3. The summed E-state index contributed by atoms with van der Waals surface area (Å²) in [7, 11) is 3.29. The first-order valence-electron chi connectivity index (χ1n) is 6.62. The molecule has 0 bridgehead atoms. The molecule has 1 unspecified atom stereocenters. The fourth-order valence-corrected chi connectivity index (χ4v) is 1.90. The molecule has 0 radical (unpaired) electrons. The Bertz CT molecular complexity index is 211. The minimum atomic E-state index is -0.739. The molecule has 5 nitrogen and oxygen atoms in total. The molecular formula is C13H27NO4. The van der Waals surface area contributed by atoms with Gasteiger partial charge in [0.2, 0.25) is 0 Å². The number of methoxy groups -OCH3 is 2. The van der Waals surface area contributed by atoms with Crippen molar-refractivity contribution in [3.05, 3.63) is 0 Å². The van der Waals surface area contributed by atoms with E-state index in [2.05, 4.69) is 6.92 Å². The number of carbonyl (C=O) groups is 1. The highest BCUT2D eigenvalue weighted by molar-refractivity contribution is 5.73. The molecule has 0 aromatic rings. The van der Waals surface area contributed by atoms with Crippen LogP contribution in [0, 0.1) is 0 Å². The van der Waals surface area contributed by atoms with Crippen LogP contribution in [0.25, 0.3) is 0 Å². The van der Waals surface area contributed by atoms with E-state index in [-0.39, 0.29) is 0 Å². The molecule has 108 valence electrons. The summed E-state index contributed by atoms with van der Waals surface area (Å²) in [5.41, 5.74) is 0. The van der Waals surface area contributed by atoms with E-state index in [1.54, 1.807) is 14.2 Å². The van der Waals surface area contributed by atoms with Gasteiger partial charge < -0.3 is 14.6 Å². The van der Waals surface area contributed by atoms with Crippen LogP contribution in [0.2, 0.25) is 0 Å². The lowest BCUT2D eigenvalue weighted by Crippen LogP contribution is -2.43. The largest absolute Gasteiger partial charge is 0.480 e. The third-order valence-electron chi connectivity index (χ3n) is 2.93. The normalized spacial score (nSPS) is 12.9. The fourth-order valence-electron chi connectivity index (χ4n) is 1.90. The number of nitrogens with zero attached hydrogens (tertiary/aromatic N) is 1. The Morgan fingerprint density at radius 1 is 1.17 bits per heavy atom. The minimum absolute atomic E-state index is 0.406. The van der Waals surface area contributed by atoms with Crippen molar-refractivity contribution < 1.29 is 19.4 Å². The summed E-state index contributed by atoms with van der Waals surface area (Å²) < 4.78 is 10.1. The number of hydrogen-bond donors (Lipinski definition) is 1. The number of unbranched alkanes of at least 4 members (excludes halogenated alkanes) is 1. The quantitative estimate of drug-likeness (QED) is 0.541. The minimum Gasteiger partial charge on any atom is -0.480 e. The Kier molecular flexibility index (Phi) is 11.0. The molecule has 0 aliphatic carbocycles. The second-order valence-electron chi connectivity index (χ2n) is 4.37. The Labute approximate surface area is 110 Å². The van der Waals surface area contributed by atoms with E-state index >= 15 is 0 Å². The van der Waals surface area contributed by atoms with Gasteiger partial charge in [0.05, 0.1) is 6.61 Å². The molecule has 0 fully saturated rings. The van der Waals surface area contributed by atoms with Crippen LogP contribution in [0.1, 0.15) is 32.6 Å². The number of hydrogen-bond acceptors (Lipinski definition) is 4. The van der Waals surface area contributed by atoms with Gasteiger partial charge in [-0.15, -0.1) is 0 Å². The van der Waals surface area contributed by atoms with Gasteiger partial charge in [0, 0.05) is 33.9 Å². The molecule has 0 heterocycles. The highest BCUT2D eigenvalue weighted by Crippen LogP contribution is 2.10. The van der Waals surface area contributed by atoms with E-state index in [1.165, 1.54) is 0 Å². The molecule has 0 rings (SSSR count). The van der Waals surface area contributed by atoms with Gasteiger partial charge in [0.25, 0.3) is 0 Å². The van der Waals surface area contributed by atoms with Crippen LogP contribution >= 0.6 is 0 Å². The summed E-state index contributed by atoms with van der Waals surface area (Å²) in [5.74, 6) is -0.739. The van der Waals surface area contributed by atoms with Crippen LogP contribution < -0.4 is 0 Å². The number of aliphatic carboxylic acids is 1. The lowest BCUT2D eigenvalue weighted by molar-refractivity contribution is -0.144. The van der Waals surface area contributed by atoms with Crippen LogP contribution in [0.5, 0.6) is 0 Å². The zero-order chi connectivity index (χ0) is 13.8. The molecule has 0 aromatic carbocycles. The van der Waals surface area contributed by atoms with Crippen molar-refractivity contribution in [1.82, 2.24) is 4.90 Å². The maximum Gasteiger partial charge on any atom is 0.320 e. The summed E-state index contributed by atoms with van der Waals surface area (Å²) in [6.07, 6.45) is 3.49. The topological polar surface area (TPSA) is 59.0 Å². The Morgan fingerprint density at radius 3 is 2.33 bits per heavy atom. The molecule has 0 saturated carbocycles. The van der Waals surface area contributed by atoms with E-state index in [9.17, 15) is 9.90 Å². The molecule has 0 aliphatic rings. The maximum atomic E-state index is 11.3. The average molecular weight is 261 g/mol. The molecule has 0 spiro atoms.